The summed E-state index contributed by atoms with van der Waals surface area (Å²) in [7, 11) is 0. The van der Waals surface area contributed by atoms with Crippen molar-refractivity contribution in [1.82, 2.24) is 0 Å². The minimum Gasteiger partial charge on any atom is -0.508 e. The highest BCUT2D eigenvalue weighted by Crippen LogP contribution is 2.38. The third-order valence-electron chi connectivity index (χ3n) is 3.56. The van der Waals surface area contributed by atoms with E-state index in [1.165, 1.54) is 9.75 Å². The molecule has 0 atom stereocenters. The molecule has 0 aliphatic carbocycles. The van der Waals surface area contributed by atoms with Gasteiger partial charge in [0.05, 0.1) is 0 Å². The minimum atomic E-state index is 0.294. The molecule has 0 radical (unpaired) electrons. The van der Waals surface area contributed by atoms with Crippen LogP contribution in [-0.2, 0) is 0 Å². The van der Waals surface area contributed by atoms with Crippen molar-refractivity contribution in [3.63, 3.8) is 0 Å². The van der Waals surface area contributed by atoms with Gasteiger partial charge in [0.15, 0.2) is 0 Å². The molecule has 3 rings (SSSR count). The zero-order valence-electron chi connectivity index (χ0n) is 11.9. The van der Waals surface area contributed by atoms with E-state index >= 15 is 0 Å². The summed E-state index contributed by atoms with van der Waals surface area (Å²) in [5.74, 6) is 0.588. The summed E-state index contributed by atoms with van der Waals surface area (Å²) in [4.78, 5) is 2.35. The Labute approximate surface area is 128 Å². The Bertz CT molecular complexity index is 737. The van der Waals surface area contributed by atoms with Crippen LogP contribution >= 0.6 is 11.3 Å². The largest absolute Gasteiger partial charge is 0.508 e. The molecule has 0 fully saturated rings. The van der Waals surface area contributed by atoms with E-state index in [1.807, 2.05) is 26.0 Å². The van der Waals surface area contributed by atoms with Crippen LogP contribution in [0.15, 0.2) is 48.5 Å². The summed E-state index contributed by atoms with van der Waals surface area (Å²) in [5.41, 5.74) is 4.40. The van der Waals surface area contributed by atoms with Crippen LogP contribution in [0.3, 0.4) is 0 Å². The number of rotatable bonds is 2. The molecule has 0 bridgehead atoms. The fraction of sp³-hybridized carbons (Fsp3) is 0.111. The van der Waals surface area contributed by atoms with Crippen LogP contribution < -0.4 is 0 Å². The Kier molecular flexibility index (Phi) is 3.43. The van der Waals surface area contributed by atoms with E-state index in [1.54, 1.807) is 35.6 Å². The second kappa shape index (κ2) is 5.26. The lowest BCUT2D eigenvalue weighted by atomic mass is 10.1. The zero-order chi connectivity index (χ0) is 15.0. The maximum atomic E-state index is 9.51. The molecule has 106 valence electrons. The van der Waals surface area contributed by atoms with Gasteiger partial charge in [0.25, 0.3) is 0 Å². The number of phenolic OH excluding ortho intramolecular Hbond substituents is 2. The van der Waals surface area contributed by atoms with Gasteiger partial charge in [-0.1, -0.05) is 0 Å². The monoisotopic (exact) mass is 296 g/mol. The van der Waals surface area contributed by atoms with E-state index < -0.39 is 0 Å². The molecule has 3 heteroatoms. The zero-order valence-corrected chi connectivity index (χ0v) is 12.7. The first-order valence-electron chi connectivity index (χ1n) is 6.74. The molecule has 0 spiro atoms. The fourth-order valence-corrected chi connectivity index (χ4v) is 3.66. The predicted molar refractivity (Wildman–Crippen MR) is 88.0 cm³/mol. The number of benzene rings is 2. The van der Waals surface area contributed by atoms with E-state index in [4.69, 9.17) is 0 Å². The quantitative estimate of drug-likeness (QED) is 0.690. The highest BCUT2D eigenvalue weighted by molar-refractivity contribution is 7.18. The molecular formula is C18H16O2S. The molecule has 0 amide bonds. The van der Waals surface area contributed by atoms with E-state index in [2.05, 4.69) is 12.1 Å². The molecule has 2 nitrogen and oxygen atoms in total. The van der Waals surface area contributed by atoms with Gasteiger partial charge in [0, 0.05) is 9.75 Å². The van der Waals surface area contributed by atoms with Gasteiger partial charge in [-0.25, -0.2) is 0 Å². The Balaban J connectivity index is 2.03. The maximum Gasteiger partial charge on any atom is 0.115 e. The Morgan fingerprint density at radius 2 is 1.10 bits per heavy atom. The van der Waals surface area contributed by atoms with Gasteiger partial charge in [-0.3, -0.25) is 0 Å². The average Bonchev–Trinajstić information content (AvgIpc) is 2.87. The second-order valence-corrected chi connectivity index (χ2v) is 6.25. The topological polar surface area (TPSA) is 40.5 Å². The molecule has 1 heterocycles. The van der Waals surface area contributed by atoms with Crippen LogP contribution in [0.5, 0.6) is 11.5 Å². The van der Waals surface area contributed by atoms with Crippen LogP contribution in [0, 0.1) is 13.8 Å². The van der Waals surface area contributed by atoms with Gasteiger partial charge in [-0.2, -0.15) is 0 Å². The molecule has 0 saturated carbocycles. The van der Waals surface area contributed by atoms with E-state index in [0.717, 1.165) is 22.3 Å². The number of aryl methyl sites for hydroxylation is 2. The predicted octanol–water partition coefficient (Wildman–Crippen LogP) is 5.11. The van der Waals surface area contributed by atoms with Gasteiger partial charge >= 0.3 is 0 Å². The van der Waals surface area contributed by atoms with Crippen molar-refractivity contribution >= 4 is 11.3 Å². The Morgan fingerprint density at radius 1 is 0.667 bits per heavy atom. The Hall–Kier alpha value is -2.26. The highest BCUT2D eigenvalue weighted by Gasteiger charge is 2.09. The average molecular weight is 296 g/mol. The third-order valence-corrected chi connectivity index (χ3v) is 4.71. The van der Waals surface area contributed by atoms with Crippen molar-refractivity contribution in [3.8, 4) is 32.4 Å². The first kappa shape index (κ1) is 13.7. The fourth-order valence-electron chi connectivity index (χ4n) is 2.48. The smallest absolute Gasteiger partial charge is 0.115 e. The number of thiophene rings is 1. The third kappa shape index (κ3) is 2.65. The lowest BCUT2D eigenvalue weighted by Crippen LogP contribution is -1.79. The van der Waals surface area contributed by atoms with Crippen molar-refractivity contribution in [2.75, 3.05) is 0 Å². The SMILES string of the molecule is Cc1cc(O)ccc1-c1ccc(-c2ccc(O)cc2C)s1. The second-order valence-electron chi connectivity index (χ2n) is 5.16. The molecule has 1 aromatic heterocycles. The summed E-state index contributed by atoms with van der Waals surface area (Å²) in [6.45, 7) is 4.00. The summed E-state index contributed by atoms with van der Waals surface area (Å²) < 4.78 is 0. The molecule has 0 saturated heterocycles. The normalized spacial score (nSPS) is 10.8. The van der Waals surface area contributed by atoms with E-state index in [9.17, 15) is 10.2 Å². The van der Waals surface area contributed by atoms with Crippen molar-refractivity contribution in [2.24, 2.45) is 0 Å². The number of phenols is 2. The van der Waals surface area contributed by atoms with Crippen molar-refractivity contribution in [2.45, 2.75) is 13.8 Å². The minimum absolute atomic E-state index is 0.294. The molecule has 2 N–H and O–H groups in total. The van der Waals surface area contributed by atoms with Crippen LogP contribution in [0.25, 0.3) is 20.9 Å². The van der Waals surface area contributed by atoms with Crippen molar-refractivity contribution in [1.29, 1.82) is 0 Å². The van der Waals surface area contributed by atoms with Gasteiger partial charge in [0.2, 0.25) is 0 Å². The molecular weight excluding hydrogens is 280 g/mol. The van der Waals surface area contributed by atoms with Crippen LogP contribution in [0.4, 0.5) is 0 Å². The van der Waals surface area contributed by atoms with Crippen molar-refractivity contribution in [3.05, 3.63) is 59.7 Å². The van der Waals surface area contributed by atoms with Crippen LogP contribution in [0.2, 0.25) is 0 Å². The van der Waals surface area contributed by atoms with Gasteiger partial charge in [0.1, 0.15) is 11.5 Å². The van der Waals surface area contributed by atoms with E-state index in [0.29, 0.717) is 11.5 Å². The molecule has 0 unspecified atom stereocenters. The van der Waals surface area contributed by atoms with E-state index in [-0.39, 0.29) is 0 Å². The molecule has 0 aliphatic heterocycles. The molecule has 2 aromatic carbocycles. The first-order chi connectivity index (χ1) is 10.0. The summed E-state index contributed by atoms with van der Waals surface area (Å²) in [6.07, 6.45) is 0. The maximum absolute atomic E-state index is 9.51. The summed E-state index contributed by atoms with van der Waals surface area (Å²) >= 11 is 1.72. The lowest BCUT2D eigenvalue weighted by Gasteiger charge is -2.05. The number of hydrogen-bond acceptors (Lipinski definition) is 3. The Morgan fingerprint density at radius 3 is 1.48 bits per heavy atom. The standard InChI is InChI=1S/C18H16O2S/c1-11-9-13(19)3-5-15(11)17-7-8-18(21-17)16-6-4-14(20)10-12(16)2/h3-10,19-20H,1-2H3. The lowest BCUT2D eigenvalue weighted by molar-refractivity contribution is 0.474. The number of aromatic hydroxyl groups is 2. The van der Waals surface area contributed by atoms with Gasteiger partial charge in [-0.15, -0.1) is 11.3 Å². The van der Waals surface area contributed by atoms with Crippen molar-refractivity contribution < 1.29 is 10.2 Å². The van der Waals surface area contributed by atoms with Gasteiger partial charge in [-0.05, 0) is 84.6 Å². The molecule has 3 aromatic rings. The van der Waals surface area contributed by atoms with Crippen LogP contribution in [-0.4, -0.2) is 10.2 Å². The molecule has 21 heavy (non-hydrogen) atoms. The summed E-state index contributed by atoms with van der Waals surface area (Å²) in [6, 6.07) is 15.1. The van der Waals surface area contributed by atoms with Crippen LogP contribution in [0.1, 0.15) is 11.1 Å². The molecule has 0 aliphatic rings. The number of hydrogen-bond donors (Lipinski definition) is 2. The summed E-state index contributed by atoms with van der Waals surface area (Å²) in [5, 5.41) is 19.0. The van der Waals surface area contributed by atoms with Gasteiger partial charge < -0.3 is 10.2 Å². The highest BCUT2D eigenvalue weighted by atomic mass is 32.1. The first-order valence-corrected chi connectivity index (χ1v) is 7.56.